The van der Waals surface area contributed by atoms with Crippen molar-refractivity contribution in [2.24, 2.45) is 5.73 Å². The molecule has 0 spiro atoms. The number of aromatic nitrogens is 1. The fourth-order valence-electron chi connectivity index (χ4n) is 1.80. The topological polar surface area (TPSA) is 42.2 Å². The highest BCUT2D eigenvalue weighted by atomic mass is 32.1. The molecule has 0 aliphatic carbocycles. The Kier molecular flexibility index (Phi) is 4.73. The molecule has 18 heavy (non-hydrogen) atoms. The second-order valence-electron chi connectivity index (χ2n) is 4.28. The summed E-state index contributed by atoms with van der Waals surface area (Å²) in [5.41, 5.74) is 7.90. The molecule has 1 aromatic heterocycles. The minimum Gasteiger partial charge on any atom is -0.374 e. The van der Waals surface area contributed by atoms with Gasteiger partial charge < -0.3 is 10.6 Å². The third-order valence-corrected chi connectivity index (χ3v) is 3.82. The van der Waals surface area contributed by atoms with Gasteiger partial charge in [-0.25, -0.2) is 4.98 Å². The molecule has 0 aliphatic rings. The second kappa shape index (κ2) is 6.52. The van der Waals surface area contributed by atoms with E-state index < -0.39 is 0 Å². The molecule has 2 N–H and O–H groups in total. The first-order valence-electron chi connectivity index (χ1n) is 6.19. The molecule has 2 aromatic rings. The molecule has 0 fully saturated rings. The molecule has 96 valence electrons. The highest BCUT2D eigenvalue weighted by Crippen LogP contribution is 2.14. The number of benzene rings is 1. The summed E-state index contributed by atoms with van der Waals surface area (Å²) in [5, 5.41) is 3.31. The zero-order valence-corrected chi connectivity index (χ0v) is 11.5. The number of rotatable bonds is 6. The Morgan fingerprint density at radius 1 is 1.22 bits per heavy atom. The van der Waals surface area contributed by atoms with Gasteiger partial charge in [0.25, 0.3) is 0 Å². The molecule has 0 saturated carbocycles. The van der Waals surface area contributed by atoms with Crippen LogP contribution in [-0.2, 0) is 12.8 Å². The summed E-state index contributed by atoms with van der Waals surface area (Å²) in [6.45, 7) is 1.66. The van der Waals surface area contributed by atoms with Crippen LogP contribution in [0.1, 0.15) is 10.7 Å². The van der Waals surface area contributed by atoms with E-state index in [9.17, 15) is 0 Å². The average molecular weight is 261 g/mol. The quantitative estimate of drug-likeness (QED) is 0.867. The van der Waals surface area contributed by atoms with E-state index in [-0.39, 0.29) is 0 Å². The Bertz CT molecular complexity index is 467. The van der Waals surface area contributed by atoms with Gasteiger partial charge in [0.05, 0.1) is 10.7 Å². The van der Waals surface area contributed by atoms with Crippen molar-refractivity contribution in [3.63, 3.8) is 0 Å². The third kappa shape index (κ3) is 3.55. The van der Waals surface area contributed by atoms with Gasteiger partial charge >= 0.3 is 0 Å². The summed E-state index contributed by atoms with van der Waals surface area (Å²) in [6.07, 6.45) is 1.87. The van der Waals surface area contributed by atoms with Gasteiger partial charge in [-0.05, 0) is 18.7 Å². The van der Waals surface area contributed by atoms with Gasteiger partial charge in [-0.15, -0.1) is 11.3 Å². The van der Waals surface area contributed by atoms with E-state index in [1.807, 2.05) is 6.07 Å². The predicted molar refractivity (Wildman–Crippen MR) is 78.3 cm³/mol. The largest absolute Gasteiger partial charge is 0.374 e. The van der Waals surface area contributed by atoms with Crippen LogP contribution in [0.3, 0.4) is 0 Å². The molecular formula is C14H19N3S. The van der Waals surface area contributed by atoms with Crippen LogP contribution in [0.15, 0.2) is 35.7 Å². The number of anilines is 1. The summed E-state index contributed by atoms with van der Waals surface area (Å²) in [4.78, 5) is 6.83. The molecule has 0 unspecified atom stereocenters. The van der Waals surface area contributed by atoms with Crippen LogP contribution in [0.2, 0.25) is 0 Å². The van der Waals surface area contributed by atoms with Gasteiger partial charge in [0.1, 0.15) is 0 Å². The van der Waals surface area contributed by atoms with E-state index in [0.717, 1.165) is 25.1 Å². The van der Waals surface area contributed by atoms with Gasteiger partial charge in [-0.3, -0.25) is 0 Å². The van der Waals surface area contributed by atoms with E-state index >= 15 is 0 Å². The van der Waals surface area contributed by atoms with E-state index in [1.165, 1.54) is 10.7 Å². The molecule has 2 rings (SSSR count). The standard InChI is InChI=1S/C14H19N3S/c1-17(13-5-3-2-4-6-13)10-8-14-16-12(7-9-15)11-18-14/h2-6,11H,7-10,15H2,1H3. The van der Waals surface area contributed by atoms with Crippen molar-refractivity contribution in [3.8, 4) is 0 Å². The summed E-state index contributed by atoms with van der Waals surface area (Å²) >= 11 is 1.73. The number of thiazole rings is 1. The van der Waals surface area contributed by atoms with E-state index in [1.54, 1.807) is 11.3 Å². The lowest BCUT2D eigenvalue weighted by Crippen LogP contribution is -2.20. The van der Waals surface area contributed by atoms with Crippen LogP contribution in [0, 0.1) is 0 Å². The van der Waals surface area contributed by atoms with Crippen molar-refractivity contribution in [3.05, 3.63) is 46.4 Å². The molecule has 1 heterocycles. The van der Waals surface area contributed by atoms with E-state index in [4.69, 9.17) is 5.73 Å². The SMILES string of the molecule is CN(CCc1nc(CCN)cs1)c1ccccc1. The smallest absolute Gasteiger partial charge is 0.0945 e. The van der Waals surface area contributed by atoms with Crippen LogP contribution in [0.4, 0.5) is 5.69 Å². The minimum atomic E-state index is 0.674. The highest BCUT2D eigenvalue weighted by molar-refractivity contribution is 7.09. The van der Waals surface area contributed by atoms with Crippen molar-refractivity contribution in [1.82, 2.24) is 4.98 Å². The molecule has 1 aromatic carbocycles. The fourth-order valence-corrected chi connectivity index (χ4v) is 2.62. The summed E-state index contributed by atoms with van der Waals surface area (Å²) in [6, 6.07) is 10.4. The molecule has 0 aliphatic heterocycles. The summed E-state index contributed by atoms with van der Waals surface area (Å²) in [7, 11) is 2.11. The van der Waals surface area contributed by atoms with Gasteiger partial charge in [-0.2, -0.15) is 0 Å². The Balaban J connectivity index is 1.87. The van der Waals surface area contributed by atoms with E-state index in [0.29, 0.717) is 6.54 Å². The molecule has 0 atom stereocenters. The maximum absolute atomic E-state index is 5.52. The molecule has 3 nitrogen and oxygen atoms in total. The number of para-hydroxylation sites is 1. The molecule has 0 radical (unpaired) electrons. The second-order valence-corrected chi connectivity index (χ2v) is 5.22. The minimum absolute atomic E-state index is 0.674. The lowest BCUT2D eigenvalue weighted by molar-refractivity contribution is 0.854. The normalized spacial score (nSPS) is 10.6. The summed E-state index contributed by atoms with van der Waals surface area (Å²) in [5.74, 6) is 0. The lowest BCUT2D eigenvalue weighted by atomic mass is 10.3. The first-order valence-corrected chi connectivity index (χ1v) is 7.07. The van der Waals surface area contributed by atoms with Crippen LogP contribution in [0.25, 0.3) is 0 Å². The maximum Gasteiger partial charge on any atom is 0.0945 e. The maximum atomic E-state index is 5.52. The number of hydrogen-bond acceptors (Lipinski definition) is 4. The molecule has 0 bridgehead atoms. The van der Waals surface area contributed by atoms with Crippen molar-refractivity contribution < 1.29 is 0 Å². The first kappa shape index (κ1) is 13.1. The zero-order valence-electron chi connectivity index (χ0n) is 10.7. The van der Waals surface area contributed by atoms with Crippen molar-refractivity contribution in [2.75, 3.05) is 25.0 Å². The highest BCUT2D eigenvalue weighted by Gasteiger charge is 2.04. The third-order valence-electron chi connectivity index (χ3n) is 2.86. The molecule has 0 saturated heterocycles. The molecular weight excluding hydrogens is 242 g/mol. The molecule has 4 heteroatoms. The van der Waals surface area contributed by atoms with Gasteiger partial charge in [0.15, 0.2) is 0 Å². The number of likely N-dealkylation sites (N-methyl/N-ethyl adjacent to an activating group) is 1. The zero-order chi connectivity index (χ0) is 12.8. The van der Waals surface area contributed by atoms with Crippen LogP contribution >= 0.6 is 11.3 Å². The Labute approximate surface area is 112 Å². The predicted octanol–water partition coefficient (Wildman–Crippen LogP) is 2.32. The van der Waals surface area contributed by atoms with Crippen LogP contribution in [-0.4, -0.2) is 25.1 Å². The van der Waals surface area contributed by atoms with Crippen LogP contribution < -0.4 is 10.6 Å². The Morgan fingerprint density at radius 3 is 2.72 bits per heavy atom. The summed E-state index contributed by atoms with van der Waals surface area (Å²) < 4.78 is 0. The molecule has 0 amide bonds. The Hall–Kier alpha value is -1.39. The van der Waals surface area contributed by atoms with Crippen molar-refractivity contribution in [1.29, 1.82) is 0 Å². The fraction of sp³-hybridized carbons (Fsp3) is 0.357. The number of nitrogens with zero attached hydrogens (tertiary/aromatic N) is 2. The average Bonchev–Trinajstić information content (AvgIpc) is 2.85. The first-order chi connectivity index (χ1) is 8.79. The van der Waals surface area contributed by atoms with E-state index in [2.05, 4.69) is 46.6 Å². The van der Waals surface area contributed by atoms with Crippen LogP contribution in [0.5, 0.6) is 0 Å². The monoisotopic (exact) mass is 261 g/mol. The van der Waals surface area contributed by atoms with Gasteiger partial charge in [0.2, 0.25) is 0 Å². The lowest BCUT2D eigenvalue weighted by Gasteiger charge is -2.18. The number of nitrogens with two attached hydrogens (primary N) is 1. The Morgan fingerprint density at radius 2 is 2.00 bits per heavy atom. The van der Waals surface area contributed by atoms with Gasteiger partial charge in [-0.1, -0.05) is 18.2 Å². The van der Waals surface area contributed by atoms with Crippen molar-refractivity contribution in [2.45, 2.75) is 12.8 Å². The van der Waals surface area contributed by atoms with Crippen molar-refractivity contribution >= 4 is 17.0 Å². The van der Waals surface area contributed by atoms with Gasteiger partial charge in [0, 0.05) is 37.5 Å². The number of hydrogen-bond donors (Lipinski definition) is 1.